The lowest BCUT2D eigenvalue weighted by molar-refractivity contribution is -0.482. The van der Waals surface area contributed by atoms with Crippen molar-refractivity contribution < 1.29 is 10.0 Å². The molecule has 27 heavy (non-hydrogen) atoms. The van der Waals surface area contributed by atoms with Gasteiger partial charge in [0.15, 0.2) is 0 Å². The molecule has 0 heterocycles. The number of fused-ring (bicyclic) bond motifs is 5. The van der Waals surface area contributed by atoms with Crippen LogP contribution < -0.4 is 0 Å². The maximum Gasteiger partial charge on any atom is 0.204 e. The summed E-state index contributed by atoms with van der Waals surface area (Å²) in [5.41, 5.74) is 0.841. The molecule has 4 nitrogen and oxygen atoms in total. The molecule has 0 amide bonds. The van der Waals surface area contributed by atoms with Crippen LogP contribution in [0.25, 0.3) is 0 Å². The van der Waals surface area contributed by atoms with Crippen LogP contribution in [-0.4, -0.2) is 22.7 Å². The van der Waals surface area contributed by atoms with Crippen molar-refractivity contribution in [2.75, 3.05) is 6.54 Å². The normalized spacial score (nSPS) is 50.4. The van der Waals surface area contributed by atoms with E-state index in [2.05, 4.69) is 20.8 Å². The highest BCUT2D eigenvalue weighted by atomic mass is 16.6. The van der Waals surface area contributed by atoms with E-state index in [4.69, 9.17) is 0 Å². The first-order valence-electron chi connectivity index (χ1n) is 11.6. The number of nitrogens with zero attached hydrogens (tertiary/aromatic N) is 1. The molecular weight excluding hydrogens is 338 g/mol. The molecular formula is C23H39NO3. The van der Waals surface area contributed by atoms with E-state index in [1.165, 1.54) is 44.9 Å². The lowest BCUT2D eigenvalue weighted by Crippen LogP contribution is -2.54. The van der Waals surface area contributed by atoms with Gasteiger partial charge in [-0.1, -0.05) is 20.8 Å². The first kappa shape index (κ1) is 19.7. The van der Waals surface area contributed by atoms with Crippen LogP contribution in [0.4, 0.5) is 0 Å². The third kappa shape index (κ3) is 3.14. The average molecular weight is 378 g/mol. The third-order valence-electron chi connectivity index (χ3n) is 10.2. The van der Waals surface area contributed by atoms with Gasteiger partial charge < -0.3 is 5.11 Å². The largest absolute Gasteiger partial charge is 0.393 e. The quantitative estimate of drug-likeness (QED) is 0.533. The lowest BCUT2D eigenvalue weighted by atomic mass is 9.44. The minimum atomic E-state index is -0.137. The van der Waals surface area contributed by atoms with Gasteiger partial charge in [-0.15, -0.1) is 0 Å². The van der Waals surface area contributed by atoms with Crippen LogP contribution >= 0.6 is 0 Å². The lowest BCUT2D eigenvalue weighted by Gasteiger charge is -2.61. The molecule has 4 rings (SSSR count). The molecule has 4 heteroatoms. The van der Waals surface area contributed by atoms with E-state index in [1.54, 1.807) is 0 Å². The van der Waals surface area contributed by atoms with Crippen molar-refractivity contribution in [3.05, 3.63) is 10.1 Å². The van der Waals surface area contributed by atoms with E-state index >= 15 is 0 Å². The van der Waals surface area contributed by atoms with E-state index in [-0.39, 0.29) is 17.6 Å². The van der Waals surface area contributed by atoms with Gasteiger partial charge >= 0.3 is 0 Å². The average Bonchev–Trinajstić information content (AvgIpc) is 2.97. The second-order valence-corrected chi connectivity index (χ2v) is 11.1. The van der Waals surface area contributed by atoms with Gasteiger partial charge in [-0.25, -0.2) is 0 Å². The molecule has 154 valence electrons. The van der Waals surface area contributed by atoms with Crippen LogP contribution in [0.5, 0.6) is 0 Å². The van der Waals surface area contributed by atoms with E-state index in [0.717, 1.165) is 42.9 Å². The van der Waals surface area contributed by atoms with Crippen molar-refractivity contribution in [3.63, 3.8) is 0 Å². The maximum absolute atomic E-state index is 10.8. The maximum atomic E-state index is 10.8. The number of hydrogen-bond donors (Lipinski definition) is 1. The Hall–Kier alpha value is -0.640. The van der Waals surface area contributed by atoms with Crippen molar-refractivity contribution in [3.8, 4) is 0 Å². The highest BCUT2D eigenvalue weighted by molar-refractivity contribution is 5.09. The summed E-state index contributed by atoms with van der Waals surface area (Å²) < 4.78 is 0. The molecule has 4 aliphatic carbocycles. The monoisotopic (exact) mass is 377 g/mol. The standard InChI is InChI=1S/C23H39NO3/c1-15(10-13-24(26)27)19-6-7-20-18-5-4-16-14-17(25)8-11-22(16,2)21(18)9-12-23(19,20)3/h15-21,25H,4-14H2,1-3H3/t15-,16-,17-,18+,19-,20+,21+,22+,23-/m1/s1. The fourth-order valence-electron chi connectivity index (χ4n) is 8.72. The van der Waals surface area contributed by atoms with Crippen molar-refractivity contribution in [1.82, 2.24) is 0 Å². The smallest absolute Gasteiger partial charge is 0.204 e. The van der Waals surface area contributed by atoms with Crippen LogP contribution in [0.3, 0.4) is 0 Å². The van der Waals surface area contributed by atoms with Crippen molar-refractivity contribution >= 4 is 0 Å². The second kappa shape index (κ2) is 7.00. The van der Waals surface area contributed by atoms with Crippen molar-refractivity contribution in [2.45, 2.75) is 91.1 Å². The van der Waals surface area contributed by atoms with Crippen molar-refractivity contribution in [2.24, 2.45) is 46.3 Å². The van der Waals surface area contributed by atoms with Crippen LogP contribution in [-0.2, 0) is 0 Å². The molecule has 0 saturated heterocycles. The minimum absolute atomic E-state index is 0.0632. The van der Waals surface area contributed by atoms with Crippen LogP contribution in [0, 0.1) is 56.5 Å². The molecule has 4 saturated carbocycles. The van der Waals surface area contributed by atoms with Gasteiger partial charge in [-0.3, -0.25) is 10.1 Å². The zero-order chi connectivity index (χ0) is 19.4. The fourth-order valence-corrected chi connectivity index (χ4v) is 8.72. The zero-order valence-corrected chi connectivity index (χ0v) is 17.5. The van der Waals surface area contributed by atoms with Crippen molar-refractivity contribution in [1.29, 1.82) is 0 Å². The molecule has 0 aromatic carbocycles. The van der Waals surface area contributed by atoms with Gasteiger partial charge in [0.25, 0.3) is 0 Å². The summed E-state index contributed by atoms with van der Waals surface area (Å²) in [5, 5.41) is 21.0. The molecule has 0 aromatic heterocycles. The first-order chi connectivity index (χ1) is 12.8. The van der Waals surface area contributed by atoms with E-state index < -0.39 is 0 Å². The molecule has 0 radical (unpaired) electrons. The zero-order valence-electron chi connectivity index (χ0n) is 17.5. The summed E-state index contributed by atoms with van der Waals surface area (Å²) in [6, 6.07) is 0. The van der Waals surface area contributed by atoms with E-state index in [1.807, 2.05) is 0 Å². The minimum Gasteiger partial charge on any atom is -0.393 e. The van der Waals surface area contributed by atoms with Gasteiger partial charge in [0, 0.05) is 11.3 Å². The molecule has 0 aliphatic heterocycles. The summed E-state index contributed by atoms with van der Waals surface area (Å²) >= 11 is 0. The molecule has 1 N–H and O–H groups in total. The molecule has 0 unspecified atom stereocenters. The Bertz CT molecular complexity index is 580. The Morgan fingerprint density at radius 1 is 1.04 bits per heavy atom. The molecule has 0 spiro atoms. The molecule has 4 fully saturated rings. The van der Waals surface area contributed by atoms with E-state index in [0.29, 0.717) is 22.7 Å². The molecule has 4 aliphatic rings. The van der Waals surface area contributed by atoms with Crippen LogP contribution in [0.2, 0.25) is 0 Å². The predicted octanol–water partition coefficient (Wildman–Crippen LogP) is 5.31. The Morgan fingerprint density at radius 3 is 2.48 bits per heavy atom. The number of aliphatic hydroxyl groups excluding tert-OH is 1. The number of nitro groups is 1. The summed E-state index contributed by atoms with van der Waals surface area (Å²) in [6.45, 7) is 7.49. The Kier molecular flexibility index (Phi) is 5.10. The Morgan fingerprint density at radius 2 is 1.74 bits per heavy atom. The number of rotatable bonds is 4. The molecule has 0 aromatic rings. The topological polar surface area (TPSA) is 63.4 Å². The van der Waals surface area contributed by atoms with Gasteiger partial charge in [0.05, 0.1) is 6.10 Å². The van der Waals surface area contributed by atoms with Crippen LogP contribution in [0.15, 0.2) is 0 Å². The Balaban J connectivity index is 1.51. The van der Waals surface area contributed by atoms with Gasteiger partial charge in [0.1, 0.15) is 0 Å². The second-order valence-electron chi connectivity index (χ2n) is 11.1. The van der Waals surface area contributed by atoms with Gasteiger partial charge in [-0.05, 0) is 104 Å². The first-order valence-corrected chi connectivity index (χ1v) is 11.6. The summed E-state index contributed by atoms with van der Waals surface area (Å²) in [5.74, 6) is 4.38. The summed E-state index contributed by atoms with van der Waals surface area (Å²) in [4.78, 5) is 10.7. The van der Waals surface area contributed by atoms with Gasteiger partial charge in [-0.2, -0.15) is 0 Å². The fraction of sp³-hybridized carbons (Fsp3) is 1.00. The van der Waals surface area contributed by atoms with Gasteiger partial charge in [0.2, 0.25) is 6.54 Å². The highest BCUT2D eigenvalue weighted by Gasteiger charge is 2.60. The molecule has 0 bridgehead atoms. The summed E-state index contributed by atoms with van der Waals surface area (Å²) in [6.07, 6.45) is 11.9. The Labute approximate surface area is 164 Å². The van der Waals surface area contributed by atoms with E-state index in [9.17, 15) is 15.2 Å². The number of hydrogen-bond acceptors (Lipinski definition) is 3. The molecule has 9 atom stereocenters. The summed E-state index contributed by atoms with van der Waals surface area (Å²) in [7, 11) is 0. The number of aliphatic hydroxyl groups is 1. The predicted molar refractivity (Wildman–Crippen MR) is 107 cm³/mol. The SMILES string of the molecule is C[C@H](CC[N+](=O)[O-])[C@H]1CC[C@H]2[C@@H]3CC[C@@H]4C[C@H](O)CC[C@]4(C)[C@H]3CC[C@]12C. The van der Waals surface area contributed by atoms with Crippen LogP contribution in [0.1, 0.15) is 85.0 Å². The highest BCUT2D eigenvalue weighted by Crippen LogP contribution is 2.68. The third-order valence-corrected chi connectivity index (χ3v) is 10.2.